The van der Waals surface area contributed by atoms with Gasteiger partial charge in [0.2, 0.25) is 5.91 Å². The van der Waals surface area contributed by atoms with E-state index in [4.69, 9.17) is 0 Å². The molecular formula is C14H19ClF2N2O. The van der Waals surface area contributed by atoms with Gasteiger partial charge < -0.3 is 10.2 Å². The number of rotatable bonds is 3. The molecule has 1 heterocycles. The molecule has 0 bridgehead atoms. The highest BCUT2D eigenvalue weighted by atomic mass is 35.5. The molecule has 1 aliphatic rings. The lowest BCUT2D eigenvalue weighted by Crippen LogP contribution is -2.47. The first-order valence-corrected chi connectivity index (χ1v) is 6.50. The molecule has 0 aromatic heterocycles. The summed E-state index contributed by atoms with van der Waals surface area (Å²) in [6, 6.07) is 3.57. The highest BCUT2D eigenvalue weighted by molar-refractivity contribution is 5.85. The van der Waals surface area contributed by atoms with Crippen molar-refractivity contribution < 1.29 is 13.6 Å². The number of nitrogens with zero attached hydrogens (tertiary/aromatic N) is 1. The molecule has 1 aromatic rings. The SMILES string of the molecule is CN(Cc1ccc(F)c(F)c1)C(=O)C1CCCCN1.Cl. The molecule has 0 aliphatic carbocycles. The molecule has 2 rings (SSSR count). The number of carbonyl (C=O) groups excluding carboxylic acids is 1. The van der Waals surface area contributed by atoms with Crippen molar-refractivity contribution in [3.05, 3.63) is 35.4 Å². The molecular weight excluding hydrogens is 286 g/mol. The molecule has 1 amide bonds. The van der Waals surface area contributed by atoms with Crippen molar-refractivity contribution in [1.82, 2.24) is 10.2 Å². The second-order valence-corrected chi connectivity index (χ2v) is 4.95. The zero-order chi connectivity index (χ0) is 13.8. The predicted molar refractivity (Wildman–Crippen MR) is 75.7 cm³/mol. The van der Waals surface area contributed by atoms with E-state index in [1.54, 1.807) is 11.9 Å². The van der Waals surface area contributed by atoms with Crippen LogP contribution in [0.25, 0.3) is 0 Å². The van der Waals surface area contributed by atoms with Gasteiger partial charge in [-0.2, -0.15) is 0 Å². The molecule has 1 N–H and O–H groups in total. The van der Waals surface area contributed by atoms with E-state index >= 15 is 0 Å². The summed E-state index contributed by atoms with van der Waals surface area (Å²) in [4.78, 5) is 13.7. The topological polar surface area (TPSA) is 32.3 Å². The van der Waals surface area contributed by atoms with Gasteiger partial charge in [-0.1, -0.05) is 12.5 Å². The molecule has 112 valence electrons. The first-order chi connectivity index (χ1) is 9.08. The number of hydrogen-bond donors (Lipinski definition) is 1. The van der Waals surface area contributed by atoms with Crippen LogP contribution in [0.15, 0.2) is 18.2 Å². The van der Waals surface area contributed by atoms with Crippen LogP contribution in [0.2, 0.25) is 0 Å². The fourth-order valence-electron chi connectivity index (χ4n) is 2.32. The molecule has 1 fully saturated rings. The van der Waals surface area contributed by atoms with Crippen LogP contribution < -0.4 is 5.32 Å². The van der Waals surface area contributed by atoms with Gasteiger partial charge in [0.15, 0.2) is 11.6 Å². The number of hydrogen-bond acceptors (Lipinski definition) is 2. The Morgan fingerprint density at radius 2 is 2.10 bits per heavy atom. The number of halogens is 3. The van der Waals surface area contributed by atoms with E-state index in [-0.39, 0.29) is 30.9 Å². The van der Waals surface area contributed by atoms with E-state index in [0.717, 1.165) is 37.9 Å². The third kappa shape index (κ3) is 4.15. The number of benzene rings is 1. The van der Waals surface area contributed by atoms with Crippen LogP contribution in [0, 0.1) is 11.6 Å². The van der Waals surface area contributed by atoms with Crippen molar-refractivity contribution in [2.24, 2.45) is 0 Å². The van der Waals surface area contributed by atoms with Gasteiger partial charge >= 0.3 is 0 Å². The highest BCUT2D eigenvalue weighted by Gasteiger charge is 2.23. The minimum absolute atomic E-state index is 0. The second kappa shape index (κ2) is 7.55. The summed E-state index contributed by atoms with van der Waals surface area (Å²) in [5, 5.41) is 3.18. The van der Waals surface area contributed by atoms with Gasteiger partial charge in [-0.25, -0.2) is 8.78 Å². The van der Waals surface area contributed by atoms with Gasteiger partial charge in [0.25, 0.3) is 0 Å². The molecule has 1 unspecified atom stereocenters. The quantitative estimate of drug-likeness (QED) is 0.930. The van der Waals surface area contributed by atoms with Crippen LogP contribution in [0.1, 0.15) is 24.8 Å². The lowest BCUT2D eigenvalue weighted by Gasteiger charge is -2.27. The van der Waals surface area contributed by atoms with Crippen LogP contribution in [0.4, 0.5) is 8.78 Å². The van der Waals surface area contributed by atoms with Crippen molar-refractivity contribution in [3.8, 4) is 0 Å². The van der Waals surface area contributed by atoms with Crippen LogP contribution in [-0.2, 0) is 11.3 Å². The van der Waals surface area contributed by atoms with Gasteiger partial charge in [-0.3, -0.25) is 4.79 Å². The molecule has 1 saturated heterocycles. The minimum atomic E-state index is -0.880. The van der Waals surface area contributed by atoms with Gasteiger partial charge in [-0.05, 0) is 37.1 Å². The maximum atomic E-state index is 13.1. The van der Waals surface area contributed by atoms with Crippen molar-refractivity contribution >= 4 is 18.3 Å². The zero-order valence-electron chi connectivity index (χ0n) is 11.4. The Labute approximate surface area is 123 Å². The Morgan fingerprint density at radius 1 is 1.35 bits per heavy atom. The maximum absolute atomic E-state index is 13.1. The Morgan fingerprint density at radius 3 is 2.70 bits per heavy atom. The van der Waals surface area contributed by atoms with Gasteiger partial charge in [0, 0.05) is 13.6 Å². The van der Waals surface area contributed by atoms with E-state index in [1.807, 2.05) is 0 Å². The summed E-state index contributed by atoms with van der Waals surface area (Å²) >= 11 is 0. The standard InChI is InChI=1S/C14H18F2N2O.ClH/c1-18(14(19)13-4-2-3-7-17-13)9-10-5-6-11(15)12(16)8-10;/h5-6,8,13,17H,2-4,7,9H2,1H3;1H. The lowest BCUT2D eigenvalue weighted by molar-refractivity contribution is -0.133. The number of carbonyl (C=O) groups is 1. The average molecular weight is 305 g/mol. The van der Waals surface area contributed by atoms with Crippen LogP contribution in [0.3, 0.4) is 0 Å². The van der Waals surface area contributed by atoms with E-state index in [0.29, 0.717) is 5.56 Å². The van der Waals surface area contributed by atoms with Crippen LogP contribution in [-0.4, -0.2) is 30.4 Å². The predicted octanol–water partition coefficient (Wildman–Crippen LogP) is 2.49. The summed E-state index contributed by atoms with van der Waals surface area (Å²) in [6.07, 6.45) is 2.97. The lowest BCUT2D eigenvalue weighted by atomic mass is 10.0. The molecule has 20 heavy (non-hydrogen) atoms. The number of nitrogens with one attached hydrogen (secondary N) is 1. The first-order valence-electron chi connectivity index (χ1n) is 6.50. The van der Waals surface area contributed by atoms with Crippen molar-refractivity contribution in [3.63, 3.8) is 0 Å². The Kier molecular flexibility index (Phi) is 6.36. The molecule has 1 aliphatic heterocycles. The van der Waals surface area contributed by atoms with Gasteiger partial charge in [0.05, 0.1) is 6.04 Å². The summed E-state index contributed by atoms with van der Waals surface area (Å²) < 4.78 is 25.9. The second-order valence-electron chi connectivity index (χ2n) is 4.95. The number of piperidine rings is 1. The summed E-state index contributed by atoms with van der Waals surface area (Å²) in [5.74, 6) is -1.75. The van der Waals surface area contributed by atoms with Crippen LogP contribution >= 0.6 is 12.4 Å². The molecule has 3 nitrogen and oxygen atoms in total. The Balaban J connectivity index is 0.00000200. The number of amides is 1. The molecule has 0 saturated carbocycles. The zero-order valence-corrected chi connectivity index (χ0v) is 12.2. The average Bonchev–Trinajstić information content (AvgIpc) is 2.43. The molecule has 0 radical (unpaired) electrons. The van der Waals surface area contributed by atoms with E-state index in [2.05, 4.69) is 5.32 Å². The Bertz CT molecular complexity index is 464. The van der Waals surface area contributed by atoms with E-state index in [9.17, 15) is 13.6 Å². The highest BCUT2D eigenvalue weighted by Crippen LogP contribution is 2.13. The monoisotopic (exact) mass is 304 g/mol. The first kappa shape index (κ1) is 16.9. The fourth-order valence-corrected chi connectivity index (χ4v) is 2.32. The van der Waals surface area contributed by atoms with E-state index < -0.39 is 11.6 Å². The third-order valence-electron chi connectivity index (χ3n) is 3.39. The maximum Gasteiger partial charge on any atom is 0.239 e. The van der Waals surface area contributed by atoms with Crippen molar-refractivity contribution in [2.45, 2.75) is 31.8 Å². The molecule has 0 spiro atoms. The molecule has 1 atom stereocenters. The largest absolute Gasteiger partial charge is 0.340 e. The van der Waals surface area contributed by atoms with Crippen molar-refractivity contribution in [2.75, 3.05) is 13.6 Å². The smallest absolute Gasteiger partial charge is 0.239 e. The third-order valence-corrected chi connectivity index (χ3v) is 3.39. The molecule has 1 aromatic carbocycles. The number of likely N-dealkylation sites (N-methyl/N-ethyl adjacent to an activating group) is 1. The van der Waals surface area contributed by atoms with Gasteiger partial charge in [0.1, 0.15) is 0 Å². The summed E-state index contributed by atoms with van der Waals surface area (Å²) in [7, 11) is 1.68. The normalized spacial score (nSPS) is 18.2. The molecule has 6 heteroatoms. The van der Waals surface area contributed by atoms with Gasteiger partial charge in [-0.15, -0.1) is 12.4 Å². The fraction of sp³-hybridized carbons (Fsp3) is 0.500. The summed E-state index contributed by atoms with van der Waals surface area (Å²) in [5.41, 5.74) is 0.588. The van der Waals surface area contributed by atoms with Crippen molar-refractivity contribution in [1.29, 1.82) is 0 Å². The summed E-state index contributed by atoms with van der Waals surface area (Å²) in [6.45, 7) is 1.14. The van der Waals surface area contributed by atoms with E-state index in [1.165, 1.54) is 6.07 Å². The van der Waals surface area contributed by atoms with Crippen LogP contribution in [0.5, 0.6) is 0 Å². The minimum Gasteiger partial charge on any atom is -0.340 e. The Hall–Kier alpha value is -1.20.